The number of nitrogens with two attached hydrogens (primary N) is 1. The molecule has 0 aliphatic heterocycles. The summed E-state index contributed by atoms with van der Waals surface area (Å²) in [5.41, 5.74) is 7.47. The van der Waals surface area contributed by atoms with Gasteiger partial charge in [0, 0.05) is 18.0 Å². The van der Waals surface area contributed by atoms with Crippen LogP contribution >= 0.6 is 0 Å². The Kier molecular flexibility index (Phi) is 2.14. The van der Waals surface area contributed by atoms with E-state index in [4.69, 9.17) is 5.73 Å². The molecule has 0 atom stereocenters. The molecule has 0 saturated heterocycles. The zero-order valence-corrected chi connectivity index (χ0v) is 7.86. The normalized spacial score (nSPS) is 10.4. The first kappa shape index (κ1) is 8.68. The highest BCUT2D eigenvalue weighted by atomic mass is 15.2. The van der Waals surface area contributed by atoms with Crippen LogP contribution in [-0.2, 0) is 6.42 Å². The molecule has 2 aromatic heterocycles. The van der Waals surface area contributed by atoms with E-state index in [0.717, 1.165) is 17.7 Å². The summed E-state index contributed by atoms with van der Waals surface area (Å²) in [5.74, 6) is 1.16. The molecule has 0 spiro atoms. The predicted octanol–water partition coefficient (Wildman–Crippen LogP) is 1.01. The van der Waals surface area contributed by atoms with Crippen molar-refractivity contribution in [2.75, 3.05) is 5.73 Å². The van der Waals surface area contributed by atoms with Gasteiger partial charge < -0.3 is 5.73 Å². The molecule has 0 radical (unpaired) electrons. The first-order chi connectivity index (χ1) is 6.83. The number of nitrogen functional groups attached to an aromatic ring is 1. The fourth-order valence-corrected chi connectivity index (χ4v) is 1.35. The monoisotopic (exact) mass is 189 g/mol. The van der Waals surface area contributed by atoms with Gasteiger partial charge in [-0.15, -0.1) is 0 Å². The van der Waals surface area contributed by atoms with E-state index in [1.165, 1.54) is 0 Å². The molecule has 0 fully saturated rings. The highest BCUT2D eigenvalue weighted by Crippen LogP contribution is 2.21. The topological polar surface area (TPSA) is 80.5 Å². The van der Waals surface area contributed by atoms with Crippen LogP contribution in [0.1, 0.15) is 12.5 Å². The van der Waals surface area contributed by atoms with Crippen LogP contribution in [0.5, 0.6) is 0 Å². The number of hydrogen-bond acceptors (Lipinski definition) is 4. The number of aromatic amines is 1. The van der Waals surface area contributed by atoms with Crippen molar-refractivity contribution in [1.29, 1.82) is 0 Å². The van der Waals surface area contributed by atoms with Crippen molar-refractivity contribution in [2.45, 2.75) is 13.3 Å². The summed E-state index contributed by atoms with van der Waals surface area (Å²) < 4.78 is 0. The first-order valence-electron chi connectivity index (χ1n) is 4.43. The molecule has 0 aromatic carbocycles. The molecule has 0 saturated carbocycles. The largest absolute Gasteiger partial charge is 0.382 e. The number of nitrogens with zero attached hydrogens (tertiary/aromatic N) is 3. The van der Waals surface area contributed by atoms with Gasteiger partial charge in [0.25, 0.3) is 0 Å². The predicted molar refractivity (Wildman–Crippen MR) is 53.4 cm³/mol. The van der Waals surface area contributed by atoms with Crippen molar-refractivity contribution in [3.05, 3.63) is 24.0 Å². The molecule has 2 rings (SSSR count). The number of nitrogens with one attached hydrogen (secondary N) is 1. The van der Waals surface area contributed by atoms with Gasteiger partial charge in [-0.1, -0.05) is 6.92 Å². The number of anilines is 1. The Bertz CT molecular complexity index is 420. The maximum Gasteiger partial charge on any atom is 0.177 e. The Balaban J connectivity index is 2.52. The molecule has 5 nitrogen and oxygen atoms in total. The third-order valence-corrected chi connectivity index (χ3v) is 2.04. The lowest BCUT2D eigenvalue weighted by Gasteiger charge is -1.98. The molecule has 2 heterocycles. The van der Waals surface area contributed by atoms with Gasteiger partial charge in [0.2, 0.25) is 0 Å². The van der Waals surface area contributed by atoms with Crippen LogP contribution in [0, 0.1) is 0 Å². The number of aromatic nitrogens is 4. The minimum absolute atomic E-state index is 0.523. The highest BCUT2D eigenvalue weighted by Gasteiger charge is 2.11. The Morgan fingerprint density at radius 1 is 1.36 bits per heavy atom. The zero-order chi connectivity index (χ0) is 9.97. The SMILES string of the molecule is CCc1c(N)n[nH]c1-c1ncccn1. The molecule has 0 amide bonds. The summed E-state index contributed by atoms with van der Waals surface area (Å²) in [5, 5.41) is 6.78. The van der Waals surface area contributed by atoms with E-state index >= 15 is 0 Å². The van der Waals surface area contributed by atoms with Crippen molar-refractivity contribution < 1.29 is 0 Å². The molecule has 0 bridgehead atoms. The molecular weight excluding hydrogens is 178 g/mol. The molecular formula is C9H11N5. The Hall–Kier alpha value is -1.91. The smallest absolute Gasteiger partial charge is 0.177 e. The molecule has 3 N–H and O–H groups in total. The average molecular weight is 189 g/mol. The van der Waals surface area contributed by atoms with Gasteiger partial charge in [-0.3, -0.25) is 5.10 Å². The minimum atomic E-state index is 0.523. The van der Waals surface area contributed by atoms with Crippen molar-refractivity contribution >= 4 is 5.82 Å². The number of hydrogen-bond donors (Lipinski definition) is 2. The van der Waals surface area contributed by atoms with E-state index in [1.54, 1.807) is 18.5 Å². The van der Waals surface area contributed by atoms with E-state index in [1.807, 2.05) is 6.92 Å². The Morgan fingerprint density at radius 3 is 2.71 bits per heavy atom. The maximum atomic E-state index is 5.69. The molecule has 72 valence electrons. The molecule has 0 aliphatic rings. The van der Waals surface area contributed by atoms with Crippen molar-refractivity contribution in [3.8, 4) is 11.5 Å². The zero-order valence-electron chi connectivity index (χ0n) is 7.86. The molecule has 0 unspecified atom stereocenters. The second-order valence-corrected chi connectivity index (χ2v) is 2.89. The van der Waals surface area contributed by atoms with Gasteiger partial charge in [0.05, 0.1) is 0 Å². The van der Waals surface area contributed by atoms with Crippen LogP contribution in [0.15, 0.2) is 18.5 Å². The highest BCUT2D eigenvalue weighted by molar-refractivity contribution is 5.61. The lowest BCUT2D eigenvalue weighted by Crippen LogP contribution is -1.93. The van der Waals surface area contributed by atoms with Crippen LogP contribution in [0.2, 0.25) is 0 Å². The third kappa shape index (κ3) is 1.32. The van der Waals surface area contributed by atoms with Crippen LogP contribution < -0.4 is 5.73 Å². The molecule has 0 aliphatic carbocycles. The lowest BCUT2D eigenvalue weighted by molar-refractivity contribution is 1.06. The quantitative estimate of drug-likeness (QED) is 0.738. The van der Waals surface area contributed by atoms with Crippen LogP contribution in [0.3, 0.4) is 0 Å². The van der Waals surface area contributed by atoms with E-state index < -0.39 is 0 Å². The summed E-state index contributed by atoms with van der Waals surface area (Å²) in [6, 6.07) is 1.77. The maximum absolute atomic E-state index is 5.69. The fourth-order valence-electron chi connectivity index (χ4n) is 1.35. The van der Waals surface area contributed by atoms with Crippen molar-refractivity contribution in [2.24, 2.45) is 0 Å². The lowest BCUT2D eigenvalue weighted by atomic mass is 10.2. The van der Waals surface area contributed by atoms with E-state index in [2.05, 4.69) is 20.2 Å². The van der Waals surface area contributed by atoms with Gasteiger partial charge in [-0.05, 0) is 12.5 Å². The van der Waals surface area contributed by atoms with Crippen LogP contribution in [0.25, 0.3) is 11.5 Å². The van der Waals surface area contributed by atoms with E-state index in [0.29, 0.717) is 11.6 Å². The second-order valence-electron chi connectivity index (χ2n) is 2.89. The molecule has 14 heavy (non-hydrogen) atoms. The minimum Gasteiger partial charge on any atom is -0.382 e. The first-order valence-corrected chi connectivity index (χ1v) is 4.43. The van der Waals surface area contributed by atoms with Gasteiger partial charge in [0.15, 0.2) is 5.82 Å². The molecule has 2 aromatic rings. The van der Waals surface area contributed by atoms with Gasteiger partial charge in [-0.25, -0.2) is 9.97 Å². The van der Waals surface area contributed by atoms with Crippen molar-refractivity contribution in [1.82, 2.24) is 20.2 Å². The van der Waals surface area contributed by atoms with Gasteiger partial charge >= 0.3 is 0 Å². The summed E-state index contributed by atoms with van der Waals surface area (Å²) in [6.07, 6.45) is 4.20. The molecule has 5 heteroatoms. The van der Waals surface area contributed by atoms with E-state index in [-0.39, 0.29) is 0 Å². The van der Waals surface area contributed by atoms with Crippen LogP contribution in [-0.4, -0.2) is 20.2 Å². The summed E-state index contributed by atoms with van der Waals surface area (Å²) in [7, 11) is 0. The Labute approximate surface area is 81.4 Å². The van der Waals surface area contributed by atoms with Crippen LogP contribution in [0.4, 0.5) is 5.82 Å². The van der Waals surface area contributed by atoms with E-state index in [9.17, 15) is 0 Å². The number of H-pyrrole nitrogens is 1. The number of rotatable bonds is 2. The summed E-state index contributed by atoms with van der Waals surface area (Å²) in [4.78, 5) is 8.27. The average Bonchev–Trinajstić information content (AvgIpc) is 2.61. The van der Waals surface area contributed by atoms with Gasteiger partial charge in [-0.2, -0.15) is 5.10 Å². The summed E-state index contributed by atoms with van der Waals surface area (Å²) >= 11 is 0. The third-order valence-electron chi connectivity index (χ3n) is 2.04. The second kappa shape index (κ2) is 3.45. The standard InChI is InChI=1S/C9H11N5/c1-2-6-7(13-14-8(6)10)9-11-4-3-5-12-9/h3-5H,2H2,1H3,(H3,10,13,14). The van der Waals surface area contributed by atoms with Gasteiger partial charge in [0.1, 0.15) is 11.5 Å². The fraction of sp³-hybridized carbons (Fsp3) is 0.222. The van der Waals surface area contributed by atoms with Crippen molar-refractivity contribution in [3.63, 3.8) is 0 Å². The Morgan fingerprint density at radius 2 is 2.07 bits per heavy atom. The summed E-state index contributed by atoms with van der Waals surface area (Å²) in [6.45, 7) is 2.02.